The number of hydrogen-bond acceptors (Lipinski definition) is 7. The molecule has 3 rings (SSSR count). The lowest BCUT2D eigenvalue weighted by atomic mass is 10.1. The molecule has 1 aliphatic rings. The molecule has 0 bridgehead atoms. The van der Waals surface area contributed by atoms with Gasteiger partial charge in [0.25, 0.3) is 5.91 Å². The molecule has 1 N–H and O–H groups in total. The Kier molecular flexibility index (Phi) is 6.20. The summed E-state index contributed by atoms with van der Waals surface area (Å²) in [4.78, 5) is 25.8. The van der Waals surface area contributed by atoms with Crippen molar-refractivity contribution in [3.05, 3.63) is 45.3 Å². The number of nitrogens with one attached hydrogen (secondary N) is 1. The molecule has 7 nitrogen and oxygen atoms in total. The Morgan fingerprint density at radius 3 is 2.69 bits per heavy atom. The molecule has 0 radical (unpaired) electrons. The van der Waals surface area contributed by atoms with Crippen LogP contribution in [0.5, 0.6) is 11.5 Å². The van der Waals surface area contributed by atoms with Crippen LogP contribution in [0.15, 0.2) is 23.8 Å². The molecule has 29 heavy (non-hydrogen) atoms. The van der Waals surface area contributed by atoms with Crippen LogP contribution in [0.1, 0.15) is 33.3 Å². The number of rotatable bonds is 5. The van der Waals surface area contributed by atoms with E-state index >= 15 is 0 Å². The van der Waals surface area contributed by atoms with Gasteiger partial charge in [-0.05, 0) is 50.1 Å². The Labute approximate surface area is 172 Å². The minimum Gasteiger partial charge on any atom is -0.486 e. The predicted octanol–water partition coefficient (Wildman–Crippen LogP) is 3.86. The maximum absolute atomic E-state index is 12.7. The zero-order valence-corrected chi connectivity index (χ0v) is 17.1. The Morgan fingerprint density at radius 1 is 1.28 bits per heavy atom. The van der Waals surface area contributed by atoms with E-state index in [-0.39, 0.29) is 12.2 Å². The highest BCUT2D eigenvalue weighted by Gasteiger charge is 2.23. The van der Waals surface area contributed by atoms with Crippen LogP contribution in [-0.4, -0.2) is 31.7 Å². The second-order valence-corrected chi connectivity index (χ2v) is 7.46. The quantitative estimate of drug-likeness (QED) is 0.455. The van der Waals surface area contributed by atoms with Gasteiger partial charge in [0, 0.05) is 4.88 Å². The van der Waals surface area contributed by atoms with Gasteiger partial charge in [-0.1, -0.05) is 6.07 Å². The number of benzene rings is 1. The number of ether oxygens (including phenoxy) is 3. The van der Waals surface area contributed by atoms with E-state index < -0.39 is 11.9 Å². The number of fused-ring (bicyclic) bond motifs is 1. The van der Waals surface area contributed by atoms with E-state index in [1.807, 2.05) is 13.0 Å². The molecule has 0 aliphatic carbocycles. The van der Waals surface area contributed by atoms with Crippen LogP contribution in [0.4, 0.5) is 5.00 Å². The molecule has 0 fully saturated rings. The summed E-state index contributed by atoms with van der Waals surface area (Å²) >= 11 is 1.27. The largest absolute Gasteiger partial charge is 0.486 e. The second-order valence-electron chi connectivity index (χ2n) is 6.23. The van der Waals surface area contributed by atoms with Crippen molar-refractivity contribution in [2.75, 3.05) is 25.1 Å². The van der Waals surface area contributed by atoms with Crippen molar-refractivity contribution < 1.29 is 23.8 Å². The number of aryl methyl sites for hydroxylation is 1. The van der Waals surface area contributed by atoms with E-state index in [1.165, 1.54) is 17.4 Å². The van der Waals surface area contributed by atoms with E-state index in [2.05, 4.69) is 5.32 Å². The third-order valence-electron chi connectivity index (χ3n) is 4.33. The maximum atomic E-state index is 12.7. The molecule has 0 atom stereocenters. The fraction of sp³-hybridized carbons (Fsp3) is 0.286. The van der Waals surface area contributed by atoms with Gasteiger partial charge in [0.05, 0.1) is 12.2 Å². The summed E-state index contributed by atoms with van der Waals surface area (Å²) in [5.74, 6) is 0.0879. The first-order valence-electron chi connectivity index (χ1n) is 9.04. The standard InChI is InChI=1S/C21H20N2O5S/c1-4-26-21(25)18-12(2)13(3)29-20(18)23-19(24)15(11-22)9-14-5-6-16-17(10-14)28-8-7-27-16/h5-6,9-10H,4,7-8H2,1-3H3,(H,23,24)/b15-9+. The highest BCUT2D eigenvalue weighted by molar-refractivity contribution is 7.16. The average molecular weight is 412 g/mol. The number of carbonyl (C=O) groups excluding carboxylic acids is 2. The zero-order valence-electron chi connectivity index (χ0n) is 16.3. The Hall–Kier alpha value is -3.31. The third-order valence-corrected chi connectivity index (χ3v) is 5.46. The van der Waals surface area contributed by atoms with Gasteiger partial charge < -0.3 is 19.5 Å². The fourth-order valence-electron chi connectivity index (χ4n) is 2.80. The van der Waals surface area contributed by atoms with Gasteiger partial charge >= 0.3 is 5.97 Å². The van der Waals surface area contributed by atoms with Crippen LogP contribution in [-0.2, 0) is 9.53 Å². The lowest BCUT2D eigenvalue weighted by Gasteiger charge is -2.18. The van der Waals surface area contributed by atoms with Crippen LogP contribution in [0.2, 0.25) is 0 Å². The summed E-state index contributed by atoms with van der Waals surface area (Å²) in [6, 6.07) is 7.09. The minimum absolute atomic E-state index is 0.0970. The second kappa shape index (κ2) is 8.80. The van der Waals surface area contributed by atoms with E-state index in [0.717, 1.165) is 10.4 Å². The average Bonchev–Trinajstić information content (AvgIpc) is 2.99. The SMILES string of the molecule is CCOC(=O)c1c(NC(=O)/C(C#N)=C/c2ccc3c(c2)OCCO3)sc(C)c1C. The molecule has 2 aromatic rings. The van der Waals surface area contributed by atoms with Gasteiger partial charge in [-0.2, -0.15) is 5.26 Å². The summed E-state index contributed by atoms with van der Waals surface area (Å²) in [6.07, 6.45) is 1.46. The van der Waals surface area contributed by atoms with E-state index in [0.29, 0.717) is 40.8 Å². The summed E-state index contributed by atoms with van der Waals surface area (Å²) in [7, 11) is 0. The maximum Gasteiger partial charge on any atom is 0.341 e. The van der Waals surface area contributed by atoms with Crippen molar-refractivity contribution in [3.63, 3.8) is 0 Å². The number of thiophene rings is 1. The van der Waals surface area contributed by atoms with E-state index in [9.17, 15) is 14.9 Å². The summed E-state index contributed by atoms with van der Waals surface area (Å²) in [6.45, 7) is 6.52. The van der Waals surface area contributed by atoms with Crippen LogP contribution >= 0.6 is 11.3 Å². The number of amides is 1. The van der Waals surface area contributed by atoms with Crippen LogP contribution in [0.25, 0.3) is 6.08 Å². The zero-order chi connectivity index (χ0) is 21.0. The van der Waals surface area contributed by atoms with Gasteiger partial charge in [-0.3, -0.25) is 4.79 Å². The monoisotopic (exact) mass is 412 g/mol. The molecular formula is C21H20N2O5S. The predicted molar refractivity (Wildman–Crippen MR) is 109 cm³/mol. The Morgan fingerprint density at radius 2 is 2.00 bits per heavy atom. The molecule has 0 saturated heterocycles. The first-order valence-corrected chi connectivity index (χ1v) is 9.86. The van der Waals surface area contributed by atoms with Gasteiger partial charge in [0.1, 0.15) is 29.9 Å². The molecule has 1 aromatic carbocycles. The fourth-order valence-corrected chi connectivity index (χ4v) is 3.84. The lowest BCUT2D eigenvalue weighted by Crippen LogP contribution is -2.16. The lowest BCUT2D eigenvalue weighted by molar-refractivity contribution is -0.112. The van der Waals surface area contributed by atoms with Crippen LogP contribution < -0.4 is 14.8 Å². The van der Waals surface area contributed by atoms with Gasteiger partial charge in [-0.25, -0.2) is 4.79 Å². The van der Waals surface area contributed by atoms with Gasteiger partial charge in [0.2, 0.25) is 0 Å². The first kappa shape index (κ1) is 20.4. The normalized spacial score (nSPS) is 12.8. The van der Waals surface area contributed by atoms with E-state index in [1.54, 1.807) is 32.0 Å². The van der Waals surface area contributed by atoms with Crippen molar-refractivity contribution in [1.82, 2.24) is 0 Å². The molecule has 0 unspecified atom stereocenters. The first-order chi connectivity index (χ1) is 13.9. The van der Waals surface area contributed by atoms with Crippen LogP contribution in [0.3, 0.4) is 0 Å². The number of anilines is 1. The molecular weight excluding hydrogens is 392 g/mol. The number of hydrogen-bond donors (Lipinski definition) is 1. The molecule has 1 aromatic heterocycles. The highest BCUT2D eigenvalue weighted by Crippen LogP contribution is 2.34. The third kappa shape index (κ3) is 4.41. The summed E-state index contributed by atoms with van der Waals surface area (Å²) in [5, 5.41) is 12.5. The molecule has 0 spiro atoms. The van der Waals surface area contributed by atoms with Crippen molar-refractivity contribution in [3.8, 4) is 17.6 Å². The molecule has 8 heteroatoms. The number of nitriles is 1. The molecule has 2 heterocycles. The smallest absolute Gasteiger partial charge is 0.341 e. The topological polar surface area (TPSA) is 97.7 Å². The van der Waals surface area contributed by atoms with Crippen molar-refractivity contribution in [2.24, 2.45) is 0 Å². The van der Waals surface area contributed by atoms with Gasteiger partial charge in [0.15, 0.2) is 11.5 Å². The van der Waals surface area contributed by atoms with Crippen LogP contribution in [0, 0.1) is 25.2 Å². The summed E-state index contributed by atoms with van der Waals surface area (Å²) in [5.41, 5.74) is 1.60. The van der Waals surface area contributed by atoms with Gasteiger partial charge in [-0.15, -0.1) is 11.3 Å². The Balaban J connectivity index is 1.86. The number of carbonyl (C=O) groups is 2. The highest BCUT2D eigenvalue weighted by atomic mass is 32.1. The van der Waals surface area contributed by atoms with Crippen molar-refractivity contribution in [1.29, 1.82) is 5.26 Å². The molecule has 1 aliphatic heterocycles. The summed E-state index contributed by atoms with van der Waals surface area (Å²) < 4.78 is 16.1. The molecule has 150 valence electrons. The number of esters is 1. The number of nitrogens with zero attached hydrogens (tertiary/aromatic N) is 1. The Bertz CT molecular complexity index is 1030. The van der Waals surface area contributed by atoms with Crippen molar-refractivity contribution in [2.45, 2.75) is 20.8 Å². The van der Waals surface area contributed by atoms with E-state index in [4.69, 9.17) is 14.2 Å². The van der Waals surface area contributed by atoms with Crippen molar-refractivity contribution >= 4 is 34.3 Å². The minimum atomic E-state index is -0.603. The molecule has 0 saturated carbocycles. The molecule has 1 amide bonds.